The second-order valence-electron chi connectivity index (χ2n) is 6.42. The number of likely N-dealkylation sites (tertiary alicyclic amines) is 1. The molecule has 1 aromatic rings. The molecule has 0 saturated carbocycles. The summed E-state index contributed by atoms with van der Waals surface area (Å²) in [7, 11) is 0. The summed E-state index contributed by atoms with van der Waals surface area (Å²) in [6.45, 7) is 11.0. The van der Waals surface area contributed by atoms with Crippen LogP contribution in [0.5, 0.6) is 5.88 Å². The Morgan fingerprint density at radius 2 is 2.05 bits per heavy atom. The molecule has 0 amide bonds. The van der Waals surface area contributed by atoms with Crippen LogP contribution in [0.1, 0.15) is 47.0 Å². The van der Waals surface area contributed by atoms with Crippen LogP contribution in [0, 0.1) is 0 Å². The van der Waals surface area contributed by atoms with E-state index in [2.05, 4.69) is 35.1 Å². The van der Waals surface area contributed by atoms with E-state index in [9.17, 15) is 0 Å². The molecule has 1 aliphatic heterocycles. The van der Waals surface area contributed by atoms with Crippen LogP contribution in [0.4, 0.5) is 5.69 Å². The van der Waals surface area contributed by atoms with Gasteiger partial charge in [-0.15, -0.1) is 0 Å². The van der Waals surface area contributed by atoms with Crippen molar-refractivity contribution < 1.29 is 4.74 Å². The van der Waals surface area contributed by atoms with Crippen LogP contribution in [0.2, 0.25) is 0 Å². The Balaban J connectivity index is 1.98. The van der Waals surface area contributed by atoms with E-state index in [1.54, 1.807) is 6.20 Å². The molecular weight excluding hydrogens is 262 g/mol. The fourth-order valence-electron chi connectivity index (χ4n) is 2.82. The molecule has 1 N–H and O–H groups in total. The minimum atomic E-state index is 0.144. The van der Waals surface area contributed by atoms with Gasteiger partial charge in [-0.2, -0.15) is 0 Å². The second-order valence-corrected chi connectivity index (χ2v) is 6.42. The highest BCUT2D eigenvalue weighted by Crippen LogP contribution is 2.25. The standard InChI is InChI=1S/C17H29N3O/c1-13(2)20-11-6-7-15(9-12-20)19-16-8-5-10-18-17(16)21-14(3)4/h5,8,10,13-15,19H,6-7,9,11-12H2,1-4H3. The molecule has 0 bridgehead atoms. The fourth-order valence-corrected chi connectivity index (χ4v) is 2.82. The maximum atomic E-state index is 5.79. The van der Waals surface area contributed by atoms with Gasteiger partial charge in [0.05, 0.1) is 11.8 Å². The van der Waals surface area contributed by atoms with E-state index < -0.39 is 0 Å². The second kappa shape index (κ2) is 7.64. The molecule has 0 aliphatic carbocycles. The van der Waals surface area contributed by atoms with E-state index in [1.165, 1.54) is 25.8 Å². The van der Waals surface area contributed by atoms with E-state index in [4.69, 9.17) is 4.74 Å². The molecule has 0 aromatic carbocycles. The molecule has 1 aliphatic rings. The zero-order valence-corrected chi connectivity index (χ0v) is 13.8. The van der Waals surface area contributed by atoms with Crippen LogP contribution >= 0.6 is 0 Å². The van der Waals surface area contributed by atoms with Crippen molar-refractivity contribution in [2.24, 2.45) is 0 Å². The summed E-state index contributed by atoms with van der Waals surface area (Å²) < 4.78 is 5.79. The number of anilines is 1. The van der Waals surface area contributed by atoms with Crippen molar-refractivity contribution in [2.45, 2.75) is 65.1 Å². The third-order valence-corrected chi connectivity index (χ3v) is 3.97. The number of hydrogen-bond acceptors (Lipinski definition) is 4. The fraction of sp³-hybridized carbons (Fsp3) is 0.706. The normalized spacial score (nSPS) is 20.6. The molecule has 0 radical (unpaired) electrons. The van der Waals surface area contributed by atoms with Gasteiger partial charge in [-0.3, -0.25) is 0 Å². The minimum Gasteiger partial charge on any atom is -0.473 e. The molecule has 1 saturated heterocycles. The Hall–Kier alpha value is -1.29. The van der Waals surface area contributed by atoms with E-state index in [0.29, 0.717) is 12.1 Å². The van der Waals surface area contributed by atoms with Crippen molar-refractivity contribution in [1.29, 1.82) is 0 Å². The van der Waals surface area contributed by atoms with Crippen LogP contribution in [-0.2, 0) is 0 Å². The van der Waals surface area contributed by atoms with Crippen molar-refractivity contribution in [3.63, 3.8) is 0 Å². The van der Waals surface area contributed by atoms with Gasteiger partial charge in [0.15, 0.2) is 0 Å². The molecule has 1 atom stereocenters. The molecule has 2 rings (SSSR count). The smallest absolute Gasteiger partial charge is 0.237 e. The van der Waals surface area contributed by atoms with Crippen molar-refractivity contribution in [3.8, 4) is 5.88 Å². The summed E-state index contributed by atoms with van der Waals surface area (Å²) >= 11 is 0. The number of nitrogens with zero attached hydrogens (tertiary/aromatic N) is 2. The lowest BCUT2D eigenvalue weighted by Gasteiger charge is -2.24. The SMILES string of the molecule is CC(C)Oc1ncccc1NC1CCCN(C(C)C)CC1. The largest absolute Gasteiger partial charge is 0.473 e. The number of ether oxygens (including phenoxy) is 1. The predicted molar refractivity (Wildman–Crippen MR) is 88.0 cm³/mol. The monoisotopic (exact) mass is 291 g/mol. The topological polar surface area (TPSA) is 37.4 Å². The van der Waals surface area contributed by atoms with Gasteiger partial charge in [-0.1, -0.05) is 0 Å². The van der Waals surface area contributed by atoms with E-state index in [0.717, 1.165) is 18.1 Å². The molecule has 1 unspecified atom stereocenters. The van der Waals surface area contributed by atoms with Crippen molar-refractivity contribution in [1.82, 2.24) is 9.88 Å². The van der Waals surface area contributed by atoms with E-state index >= 15 is 0 Å². The minimum absolute atomic E-state index is 0.144. The molecule has 4 heteroatoms. The maximum Gasteiger partial charge on any atom is 0.237 e. The van der Waals surface area contributed by atoms with Gasteiger partial charge in [0.2, 0.25) is 5.88 Å². The number of pyridine rings is 1. The lowest BCUT2D eigenvalue weighted by Crippen LogP contribution is -2.32. The Morgan fingerprint density at radius 3 is 2.76 bits per heavy atom. The summed E-state index contributed by atoms with van der Waals surface area (Å²) in [6, 6.07) is 5.18. The van der Waals surface area contributed by atoms with Gasteiger partial charge in [0.1, 0.15) is 0 Å². The first kappa shape index (κ1) is 16.1. The first-order chi connectivity index (χ1) is 10.1. The average molecular weight is 291 g/mol. The lowest BCUT2D eigenvalue weighted by molar-refractivity contribution is 0.230. The van der Waals surface area contributed by atoms with Crippen molar-refractivity contribution >= 4 is 5.69 Å². The summed E-state index contributed by atoms with van der Waals surface area (Å²) in [5.41, 5.74) is 1.02. The summed E-state index contributed by atoms with van der Waals surface area (Å²) in [4.78, 5) is 6.92. The highest BCUT2D eigenvalue weighted by atomic mass is 16.5. The van der Waals surface area contributed by atoms with Gasteiger partial charge < -0.3 is 15.0 Å². The summed E-state index contributed by atoms with van der Waals surface area (Å²) in [6.07, 6.45) is 5.56. The van der Waals surface area contributed by atoms with Gasteiger partial charge in [0, 0.05) is 24.8 Å². The summed E-state index contributed by atoms with van der Waals surface area (Å²) in [5.74, 6) is 0.720. The highest BCUT2D eigenvalue weighted by Gasteiger charge is 2.19. The van der Waals surface area contributed by atoms with Gasteiger partial charge in [-0.25, -0.2) is 4.98 Å². The molecule has 4 nitrogen and oxygen atoms in total. The number of nitrogens with one attached hydrogen (secondary N) is 1. The van der Waals surface area contributed by atoms with Gasteiger partial charge in [0.25, 0.3) is 0 Å². The maximum absolute atomic E-state index is 5.79. The highest BCUT2D eigenvalue weighted by molar-refractivity contribution is 5.52. The first-order valence-corrected chi connectivity index (χ1v) is 8.18. The third kappa shape index (κ3) is 4.88. The Bertz CT molecular complexity index is 434. The van der Waals surface area contributed by atoms with Crippen LogP contribution in [0.15, 0.2) is 18.3 Å². The third-order valence-electron chi connectivity index (χ3n) is 3.97. The van der Waals surface area contributed by atoms with Crippen molar-refractivity contribution in [2.75, 3.05) is 18.4 Å². The van der Waals surface area contributed by atoms with Crippen LogP contribution < -0.4 is 10.1 Å². The molecular formula is C17H29N3O. The van der Waals surface area contributed by atoms with E-state index in [1.807, 2.05) is 19.9 Å². The number of rotatable bonds is 5. The van der Waals surface area contributed by atoms with Crippen LogP contribution in [0.25, 0.3) is 0 Å². The Labute approximate surface area is 128 Å². The van der Waals surface area contributed by atoms with Gasteiger partial charge >= 0.3 is 0 Å². The molecule has 21 heavy (non-hydrogen) atoms. The molecule has 118 valence electrons. The predicted octanol–water partition coefficient (Wildman–Crippen LogP) is 3.54. The van der Waals surface area contributed by atoms with Crippen LogP contribution in [-0.4, -0.2) is 41.2 Å². The van der Waals surface area contributed by atoms with Crippen molar-refractivity contribution in [3.05, 3.63) is 18.3 Å². The zero-order valence-electron chi connectivity index (χ0n) is 13.8. The molecule has 1 aromatic heterocycles. The lowest BCUT2D eigenvalue weighted by atomic mass is 10.1. The zero-order chi connectivity index (χ0) is 15.2. The number of aromatic nitrogens is 1. The number of hydrogen-bond donors (Lipinski definition) is 1. The molecule has 1 fully saturated rings. The first-order valence-electron chi connectivity index (χ1n) is 8.18. The van der Waals surface area contributed by atoms with E-state index in [-0.39, 0.29) is 6.10 Å². The Kier molecular flexibility index (Phi) is 5.85. The Morgan fingerprint density at radius 1 is 1.24 bits per heavy atom. The molecule has 2 heterocycles. The quantitative estimate of drug-likeness (QED) is 0.900. The average Bonchev–Trinajstić information content (AvgIpc) is 2.66. The van der Waals surface area contributed by atoms with Gasteiger partial charge in [-0.05, 0) is 65.6 Å². The van der Waals surface area contributed by atoms with Crippen LogP contribution in [0.3, 0.4) is 0 Å². The summed E-state index contributed by atoms with van der Waals surface area (Å²) in [5, 5.41) is 3.64. The molecule has 0 spiro atoms.